The molecule has 1 aromatic carbocycles. The number of amides is 2. The summed E-state index contributed by atoms with van der Waals surface area (Å²) < 4.78 is 29.6. The molecule has 34 heavy (non-hydrogen) atoms. The van der Waals surface area contributed by atoms with E-state index in [2.05, 4.69) is 5.32 Å². The Kier molecular flexibility index (Phi) is 6.82. The van der Waals surface area contributed by atoms with E-state index in [1.165, 1.54) is 41.3 Å². The van der Waals surface area contributed by atoms with Crippen LogP contribution >= 0.6 is 23.1 Å². The molecule has 3 heterocycles. The second-order valence-corrected chi connectivity index (χ2v) is 11.3. The van der Waals surface area contributed by atoms with Gasteiger partial charge in [-0.2, -0.15) is 8.42 Å². The van der Waals surface area contributed by atoms with Crippen LogP contribution in [0.15, 0.2) is 70.3 Å². The summed E-state index contributed by atoms with van der Waals surface area (Å²) in [5, 5.41) is 13.7. The zero-order valence-electron chi connectivity index (χ0n) is 17.8. The van der Waals surface area contributed by atoms with Gasteiger partial charge in [0.2, 0.25) is 5.91 Å². The third-order valence-corrected chi connectivity index (χ3v) is 8.59. The van der Waals surface area contributed by atoms with Crippen molar-refractivity contribution in [2.45, 2.75) is 29.7 Å². The first-order valence-electron chi connectivity index (χ1n) is 10.1. The number of carboxylic acids is 1. The lowest BCUT2D eigenvalue weighted by atomic mass is 10.0. The summed E-state index contributed by atoms with van der Waals surface area (Å²) in [6.45, 7) is 1.82. The Morgan fingerprint density at radius 1 is 1.26 bits per heavy atom. The summed E-state index contributed by atoms with van der Waals surface area (Å²) in [5.74, 6) is -1.99. The number of allylic oxidation sites excluding steroid dienone is 1. The van der Waals surface area contributed by atoms with Crippen LogP contribution in [-0.2, 0) is 35.1 Å². The molecular weight excluding hydrogens is 500 g/mol. The van der Waals surface area contributed by atoms with Crippen molar-refractivity contribution in [1.29, 1.82) is 0 Å². The highest BCUT2D eigenvalue weighted by molar-refractivity contribution is 8.00. The number of carbonyl (C=O) groups excluding carboxylic acids is 2. The van der Waals surface area contributed by atoms with Gasteiger partial charge in [0.1, 0.15) is 28.3 Å². The van der Waals surface area contributed by atoms with E-state index in [-0.39, 0.29) is 34.2 Å². The van der Waals surface area contributed by atoms with Crippen molar-refractivity contribution in [3.8, 4) is 0 Å². The molecular formula is C22H20N2O7S3. The Labute approximate surface area is 204 Å². The molecule has 2 atom stereocenters. The monoisotopic (exact) mass is 520 g/mol. The van der Waals surface area contributed by atoms with Crippen LogP contribution in [-0.4, -0.2) is 53.4 Å². The summed E-state index contributed by atoms with van der Waals surface area (Å²) in [4.78, 5) is 38.8. The van der Waals surface area contributed by atoms with Gasteiger partial charge in [-0.05, 0) is 42.2 Å². The lowest BCUT2D eigenvalue weighted by molar-refractivity contribution is -0.150. The fourth-order valence-electron chi connectivity index (χ4n) is 3.51. The van der Waals surface area contributed by atoms with Gasteiger partial charge >= 0.3 is 16.1 Å². The van der Waals surface area contributed by atoms with Crippen LogP contribution in [0.1, 0.15) is 10.4 Å². The zero-order valence-corrected chi connectivity index (χ0v) is 20.3. The van der Waals surface area contributed by atoms with Gasteiger partial charge in [-0.25, -0.2) is 4.79 Å². The second-order valence-electron chi connectivity index (χ2n) is 7.56. The molecule has 12 heteroatoms. The number of β-lactam (4-membered cyclic amide) rings is 1. The Hall–Kier alpha value is -3.09. The van der Waals surface area contributed by atoms with Crippen molar-refractivity contribution in [3.05, 3.63) is 75.8 Å². The number of carbonyl (C=O) groups is 3. The number of hydrogen-bond donors (Lipinski definition) is 2. The van der Waals surface area contributed by atoms with Crippen molar-refractivity contribution in [3.63, 3.8) is 0 Å². The van der Waals surface area contributed by atoms with Gasteiger partial charge in [0.15, 0.2) is 0 Å². The molecule has 178 valence electrons. The van der Waals surface area contributed by atoms with E-state index in [9.17, 15) is 27.9 Å². The fourth-order valence-corrected chi connectivity index (χ4v) is 6.31. The molecule has 1 aromatic heterocycles. The summed E-state index contributed by atoms with van der Waals surface area (Å²) in [7, 11) is -4.07. The van der Waals surface area contributed by atoms with Gasteiger partial charge in [0.05, 0.1) is 6.42 Å². The van der Waals surface area contributed by atoms with Crippen LogP contribution < -0.4 is 5.32 Å². The van der Waals surface area contributed by atoms with Crippen molar-refractivity contribution in [2.75, 3.05) is 5.75 Å². The third-order valence-electron chi connectivity index (χ3n) is 5.19. The zero-order chi connectivity index (χ0) is 24.5. The highest BCUT2D eigenvalue weighted by Gasteiger charge is 2.53. The molecule has 2 N–H and O–H groups in total. The summed E-state index contributed by atoms with van der Waals surface area (Å²) >= 11 is 2.71. The molecule has 9 nitrogen and oxygen atoms in total. The minimum Gasteiger partial charge on any atom is -0.477 e. The number of nitrogens with one attached hydrogen (secondary N) is 1. The maximum absolute atomic E-state index is 12.7. The number of benzene rings is 1. The van der Waals surface area contributed by atoms with E-state index in [1.54, 1.807) is 12.1 Å². The average Bonchev–Trinajstić information content (AvgIpc) is 3.30. The standard InChI is InChI=1S/C22H20N2O7S3/c1-13-4-6-16(7-5-13)34(29,30)31-9-8-14-12-33-21-18(20(26)24(21)19(14)22(27)28)23-17(25)11-15-3-2-10-32-15/h2-10,18,21H,11-12H2,1H3,(H,23,25)(H,27,28)/b9-8+. The van der Waals surface area contributed by atoms with E-state index in [0.29, 0.717) is 0 Å². The van der Waals surface area contributed by atoms with E-state index in [1.807, 2.05) is 24.4 Å². The first-order valence-corrected chi connectivity index (χ1v) is 13.4. The normalized spacial score (nSPS) is 20.1. The molecule has 2 amide bonds. The predicted molar refractivity (Wildman–Crippen MR) is 126 cm³/mol. The topological polar surface area (TPSA) is 130 Å². The van der Waals surface area contributed by atoms with Crippen LogP contribution in [0.4, 0.5) is 0 Å². The van der Waals surface area contributed by atoms with E-state index in [0.717, 1.165) is 21.6 Å². The quantitative estimate of drug-likeness (QED) is 0.308. The SMILES string of the molecule is Cc1ccc(S(=O)(=O)O/C=C/C2=C(C(=O)O)N3C(=O)C(NC(=O)Cc4cccs4)C3SC2)cc1. The van der Waals surface area contributed by atoms with Crippen LogP contribution in [0.5, 0.6) is 0 Å². The molecule has 0 saturated carbocycles. The van der Waals surface area contributed by atoms with Gasteiger partial charge in [-0.1, -0.05) is 23.8 Å². The predicted octanol–water partition coefficient (Wildman–Crippen LogP) is 2.26. The molecule has 2 aliphatic heterocycles. The molecule has 0 aliphatic carbocycles. The van der Waals surface area contributed by atoms with E-state index < -0.39 is 33.4 Å². The van der Waals surface area contributed by atoms with E-state index in [4.69, 9.17) is 4.18 Å². The van der Waals surface area contributed by atoms with Crippen molar-refractivity contribution >= 4 is 51.0 Å². The number of hydrogen-bond acceptors (Lipinski definition) is 8. The molecule has 4 rings (SSSR count). The number of aliphatic carboxylic acids is 1. The van der Waals surface area contributed by atoms with Crippen LogP contribution in [0.2, 0.25) is 0 Å². The number of nitrogens with zero attached hydrogens (tertiary/aromatic N) is 1. The Morgan fingerprint density at radius 2 is 2.00 bits per heavy atom. The average molecular weight is 521 g/mol. The van der Waals surface area contributed by atoms with Crippen LogP contribution in [0.25, 0.3) is 0 Å². The molecule has 0 bridgehead atoms. The first-order chi connectivity index (χ1) is 16.2. The largest absolute Gasteiger partial charge is 0.477 e. The Morgan fingerprint density at radius 3 is 2.65 bits per heavy atom. The number of carboxylic acid groups (broad SMARTS) is 1. The molecule has 1 fully saturated rings. The molecule has 0 radical (unpaired) electrons. The Balaban J connectivity index is 1.46. The third kappa shape index (κ3) is 4.88. The van der Waals surface area contributed by atoms with Gasteiger partial charge in [-0.3, -0.25) is 14.5 Å². The minimum atomic E-state index is -4.07. The maximum Gasteiger partial charge on any atom is 0.352 e. The lowest BCUT2D eigenvalue weighted by Gasteiger charge is -2.49. The highest BCUT2D eigenvalue weighted by atomic mass is 32.2. The van der Waals surface area contributed by atoms with Crippen LogP contribution in [0, 0.1) is 6.92 Å². The summed E-state index contributed by atoms with van der Waals surface area (Å²) in [5.41, 5.74) is 0.856. The molecule has 0 spiro atoms. The number of aryl methyl sites for hydroxylation is 1. The number of thioether (sulfide) groups is 1. The van der Waals surface area contributed by atoms with Gasteiger partial charge in [-0.15, -0.1) is 23.1 Å². The van der Waals surface area contributed by atoms with E-state index >= 15 is 0 Å². The molecule has 1 saturated heterocycles. The Bertz CT molecular complexity index is 1280. The molecule has 2 unspecified atom stereocenters. The second kappa shape index (κ2) is 9.65. The first kappa shape index (κ1) is 24.0. The molecule has 2 aliphatic rings. The minimum absolute atomic E-state index is 0.0349. The maximum atomic E-state index is 12.7. The number of fused-ring (bicyclic) bond motifs is 1. The lowest BCUT2D eigenvalue weighted by Crippen LogP contribution is -2.70. The van der Waals surface area contributed by atoms with Gasteiger partial charge < -0.3 is 14.6 Å². The fraction of sp³-hybridized carbons (Fsp3) is 0.227. The number of thiophene rings is 1. The number of rotatable bonds is 8. The van der Waals surface area contributed by atoms with Gasteiger partial charge in [0.25, 0.3) is 5.91 Å². The van der Waals surface area contributed by atoms with Crippen molar-refractivity contribution in [2.24, 2.45) is 0 Å². The molecule has 2 aromatic rings. The van der Waals surface area contributed by atoms with Gasteiger partial charge in [0, 0.05) is 10.6 Å². The summed E-state index contributed by atoms with van der Waals surface area (Å²) in [6, 6.07) is 8.91. The smallest absolute Gasteiger partial charge is 0.352 e. The summed E-state index contributed by atoms with van der Waals surface area (Å²) in [6.07, 6.45) is 2.27. The van der Waals surface area contributed by atoms with Crippen molar-refractivity contribution in [1.82, 2.24) is 10.2 Å². The van der Waals surface area contributed by atoms with Crippen molar-refractivity contribution < 1.29 is 32.1 Å². The highest BCUT2D eigenvalue weighted by Crippen LogP contribution is 2.40. The van der Waals surface area contributed by atoms with Crippen LogP contribution in [0.3, 0.4) is 0 Å².